The van der Waals surface area contributed by atoms with E-state index in [1.54, 1.807) is 4.90 Å². The van der Waals surface area contributed by atoms with Gasteiger partial charge in [-0.05, 0) is 51.2 Å². The van der Waals surface area contributed by atoms with Crippen molar-refractivity contribution in [2.75, 3.05) is 26.2 Å². The van der Waals surface area contributed by atoms with Crippen molar-refractivity contribution in [2.24, 2.45) is 0 Å². The first-order valence-electron chi connectivity index (χ1n) is 10.4. The fourth-order valence-corrected chi connectivity index (χ4v) is 4.62. The van der Waals surface area contributed by atoms with Crippen molar-refractivity contribution in [1.29, 1.82) is 0 Å². The normalized spacial score (nSPS) is 24.2. The Labute approximate surface area is 171 Å². The lowest BCUT2D eigenvalue weighted by molar-refractivity contribution is -0.151. The fourth-order valence-electron chi connectivity index (χ4n) is 4.62. The molecule has 29 heavy (non-hydrogen) atoms. The molecule has 2 fully saturated rings. The van der Waals surface area contributed by atoms with Crippen LogP contribution in [0.25, 0.3) is 0 Å². The van der Waals surface area contributed by atoms with Crippen molar-refractivity contribution in [3.05, 3.63) is 35.4 Å². The third-order valence-electron chi connectivity index (χ3n) is 5.93. The molecule has 4 rings (SSSR count). The number of amides is 3. The number of carbonyl (C=O) groups is 3. The van der Waals surface area contributed by atoms with E-state index in [9.17, 15) is 14.4 Å². The summed E-state index contributed by atoms with van der Waals surface area (Å²) < 4.78 is 5.48. The lowest BCUT2D eigenvalue weighted by Gasteiger charge is -2.45. The van der Waals surface area contributed by atoms with Crippen LogP contribution in [-0.2, 0) is 20.7 Å². The Morgan fingerprint density at radius 1 is 1.14 bits per heavy atom. The van der Waals surface area contributed by atoms with Crippen molar-refractivity contribution in [1.82, 2.24) is 14.7 Å². The highest BCUT2D eigenvalue weighted by Gasteiger charge is 2.43. The number of nitrogens with zero attached hydrogens (tertiary/aromatic N) is 3. The molecule has 2 saturated heterocycles. The van der Waals surface area contributed by atoms with E-state index in [0.717, 1.165) is 18.4 Å². The van der Waals surface area contributed by atoms with Crippen LogP contribution in [0.4, 0.5) is 4.79 Å². The van der Waals surface area contributed by atoms with Gasteiger partial charge in [-0.15, -0.1) is 0 Å². The Hall–Kier alpha value is -2.57. The summed E-state index contributed by atoms with van der Waals surface area (Å²) in [4.78, 5) is 43.7. The van der Waals surface area contributed by atoms with Gasteiger partial charge in [0.1, 0.15) is 11.6 Å². The lowest BCUT2D eigenvalue weighted by Crippen LogP contribution is -2.59. The summed E-state index contributed by atoms with van der Waals surface area (Å²) in [7, 11) is 0. The van der Waals surface area contributed by atoms with Crippen LogP contribution in [0.15, 0.2) is 24.3 Å². The maximum atomic E-state index is 13.3. The Balaban J connectivity index is 1.52. The number of likely N-dealkylation sites (tertiary alicyclic amines) is 1. The molecule has 1 unspecified atom stereocenters. The predicted octanol–water partition coefficient (Wildman–Crippen LogP) is 2.35. The minimum atomic E-state index is -0.610. The number of carbonyl (C=O) groups excluding carboxylic acids is 3. The number of rotatable bonds is 1. The molecule has 0 N–H and O–H groups in total. The summed E-state index contributed by atoms with van der Waals surface area (Å²) in [6.45, 7) is 7.19. The molecule has 156 valence electrons. The fraction of sp³-hybridized carbons (Fsp3) is 0.591. The minimum absolute atomic E-state index is 0.0223. The molecule has 0 radical (unpaired) electrons. The van der Waals surface area contributed by atoms with E-state index in [-0.39, 0.29) is 24.4 Å². The van der Waals surface area contributed by atoms with Crippen molar-refractivity contribution in [3.8, 4) is 0 Å². The van der Waals surface area contributed by atoms with Gasteiger partial charge in [0.2, 0.25) is 11.8 Å². The minimum Gasteiger partial charge on any atom is -0.444 e. The second-order valence-electron chi connectivity index (χ2n) is 9.10. The molecule has 3 amide bonds. The first-order valence-corrected chi connectivity index (χ1v) is 10.4. The summed E-state index contributed by atoms with van der Waals surface area (Å²) in [5.74, 6) is -0.171. The largest absolute Gasteiger partial charge is 0.444 e. The number of ether oxygens (including phenoxy) is 1. The third-order valence-corrected chi connectivity index (χ3v) is 5.93. The van der Waals surface area contributed by atoms with Crippen LogP contribution in [0, 0.1) is 0 Å². The molecule has 0 aliphatic carbocycles. The van der Waals surface area contributed by atoms with E-state index in [1.165, 1.54) is 10.5 Å². The molecule has 0 saturated carbocycles. The molecular formula is C22H29N3O4. The maximum Gasteiger partial charge on any atom is 0.410 e. The van der Waals surface area contributed by atoms with Gasteiger partial charge in [0.25, 0.3) is 0 Å². The molecule has 0 bridgehead atoms. The summed E-state index contributed by atoms with van der Waals surface area (Å²) in [6.07, 6.45) is 1.76. The Morgan fingerprint density at radius 3 is 2.66 bits per heavy atom. The first kappa shape index (κ1) is 19.7. The molecule has 3 aliphatic rings. The number of benzene rings is 1. The van der Waals surface area contributed by atoms with Gasteiger partial charge in [-0.3, -0.25) is 14.5 Å². The molecule has 0 spiro atoms. The zero-order valence-electron chi connectivity index (χ0n) is 17.4. The van der Waals surface area contributed by atoms with Gasteiger partial charge >= 0.3 is 6.09 Å². The van der Waals surface area contributed by atoms with Crippen molar-refractivity contribution < 1.29 is 19.1 Å². The molecule has 0 aromatic heterocycles. The number of hydrogen-bond donors (Lipinski definition) is 0. The predicted molar refractivity (Wildman–Crippen MR) is 107 cm³/mol. The standard InChI is InChI=1S/C22H29N3O4/c1-22(2,3)29-21(28)25-11-6-9-17(25)20(27)23-13-18-16-8-5-4-7-15(16)10-12-24(18)19(26)14-23/h4-5,7-8,17-18H,6,9-14H2,1-3H3/t17-,18?/m0/s1. The van der Waals surface area contributed by atoms with Gasteiger partial charge in [-0.25, -0.2) is 4.79 Å². The highest BCUT2D eigenvalue weighted by molar-refractivity contribution is 5.91. The van der Waals surface area contributed by atoms with E-state index in [0.29, 0.717) is 26.1 Å². The number of hydrogen-bond acceptors (Lipinski definition) is 4. The Morgan fingerprint density at radius 2 is 1.90 bits per heavy atom. The average molecular weight is 399 g/mol. The molecule has 7 nitrogen and oxygen atoms in total. The van der Waals surface area contributed by atoms with E-state index < -0.39 is 17.7 Å². The molecular weight excluding hydrogens is 370 g/mol. The van der Waals surface area contributed by atoms with Crippen LogP contribution in [0.1, 0.15) is 50.8 Å². The molecule has 3 heterocycles. The molecule has 1 aromatic rings. The zero-order valence-corrected chi connectivity index (χ0v) is 17.4. The van der Waals surface area contributed by atoms with E-state index in [1.807, 2.05) is 37.8 Å². The summed E-state index contributed by atoms with van der Waals surface area (Å²) in [5, 5.41) is 0. The maximum absolute atomic E-state index is 13.3. The van der Waals surface area contributed by atoms with Crippen molar-refractivity contribution in [2.45, 2.75) is 57.7 Å². The summed E-state index contributed by atoms with van der Waals surface area (Å²) in [6, 6.07) is 7.48. The van der Waals surface area contributed by atoms with Gasteiger partial charge < -0.3 is 14.5 Å². The average Bonchev–Trinajstić information content (AvgIpc) is 3.16. The number of fused-ring (bicyclic) bond motifs is 3. The molecule has 7 heteroatoms. The van der Waals surface area contributed by atoms with Crippen LogP contribution in [0.2, 0.25) is 0 Å². The number of piperazine rings is 1. The van der Waals surface area contributed by atoms with Crippen LogP contribution in [0.5, 0.6) is 0 Å². The SMILES string of the molecule is CC(C)(C)OC(=O)N1CCC[C@H]1C(=O)N1CC(=O)N2CCc3ccccc3C2C1. The van der Waals surface area contributed by atoms with Gasteiger partial charge in [-0.1, -0.05) is 24.3 Å². The van der Waals surface area contributed by atoms with Crippen LogP contribution < -0.4 is 0 Å². The second kappa shape index (κ2) is 7.35. The highest BCUT2D eigenvalue weighted by atomic mass is 16.6. The Kier molecular flexibility index (Phi) is 5.00. The molecule has 2 atom stereocenters. The van der Waals surface area contributed by atoms with E-state index >= 15 is 0 Å². The topological polar surface area (TPSA) is 70.2 Å². The highest BCUT2D eigenvalue weighted by Crippen LogP contribution is 2.34. The van der Waals surface area contributed by atoms with Crippen LogP contribution in [0.3, 0.4) is 0 Å². The van der Waals surface area contributed by atoms with Crippen LogP contribution in [-0.4, -0.2) is 70.4 Å². The smallest absolute Gasteiger partial charge is 0.410 e. The van der Waals surface area contributed by atoms with E-state index in [4.69, 9.17) is 4.74 Å². The third kappa shape index (κ3) is 3.82. The molecule has 1 aromatic carbocycles. The summed E-state index contributed by atoms with van der Waals surface area (Å²) >= 11 is 0. The monoisotopic (exact) mass is 399 g/mol. The van der Waals surface area contributed by atoms with Gasteiger partial charge in [0.15, 0.2) is 0 Å². The zero-order chi connectivity index (χ0) is 20.8. The van der Waals surface area contributed by atoms with Gasteiger partial charge in [0.05, 0.1) is 12.6 Å². The van der Waals surface area contributed by atoms with Crippen LogP contribution >= 0.6 is 0 Å². The molecule has 3 aliphatic heterocycles. The Bertz CT molecular complexity index is 832. The second-order valence-corrected chi connectivity index (χ2v) is 9.10. The van der Waals surface area contributed by atoms with E-state index in [2.05, 4.69) is 12.1 Å². The summed E-state index contributed by atoms with van der Waals surface area (Å²) in [5.41, 5.74) is 1.76. The lowest BCUT2D eigenvalue weighted by atomic mass is 9.90. The first-order chi connectivity index (χ1) is 13.7. The van der Waals surface area contributed by atoms with Gasteiger partial charge in [0, 0.05) is 19.6 Å². The van der Waals surface area contributed by atoms with Crippen molar-refractivity contribution >= 4 is 17.9 Å². The van der Waals surface area contributed by atoms with Crippen molar-refractivity contribution in [3.63, 3.8) is 0 Å². The quantitative estimate of drug-likeness (QED) is 0.727. The van der Waals surface area contributed by atoms with Gasteiger partial charge in [-0.2, -0.15) is 0 Å².